The monoisotopic (exact) mass is 771 g/mol. The predicted octanol–water partition coefficient (Wildman–Crippen LogP) is 3.25. The van der Waals surface area contributed by atoms with Crippen LogP contribution < -0.4 is 0 Å². The summed E-state index contributed by atoms with van der Waals surface area (Å²) in [6, 6.07) is 0. The Kier molecular flexibility index (Phi) is 44.3. The molecule has 0 bridgehead atoms. The molecule has 0 fully saturated rings. The lowest BCUT2D eigenvalue weighted by molar-refractivity contribution is -0.183. The number of rotatable bonds is 33. The molecule has 0 aliphatic heterocycles. The van der Waals surface area contributed by atoms with E-state index in [9.17, 15) is 19.8 Å². The zero-order valence-corrected chi connectivity index (χ0v) is 33.0. The van der Waals surface area contributed by atoms with Crippen molar-refractivity contribution in [2.75, 3.05) is 59.5 Å². The highest BCUT2D eigenvalue weighted by atomic mass is 16.7. The van der Waals surface area contributed by atoms with Crippen LogP contribution in [-0.4, -0.2) is 139 Å². The summed E-state index contributed by atoms with van der Waals surface area (Å²) in [4.78, 5) is 23.1. The molecule has 53 heavy (non-hydrogen) atoms. The molecule has 4 unspecified atom stereocenters. The maximum atomic E-state index is 11.6. The van der Waals surface area contributed by atoms with Crippen LogP contribution in [-0.2, 0) is 42.7 Å². The first-order valence-electron chi connectivity index (χ1n) is 19.2. The number of esters is 2. The lowest BCUT2D eigenvalue weighted by Crippen LogP contribution is -2.31. The van der Waals surface area contributed by atoms with Crippen LogP contribution in [0.1, 0.15) is 125 Å². The van der Waals surface area contributed by atoms with Crippen molar-refractivity contribution < 1.29 is 73.4 Å². The Bertz CT molecular complexity index is 783. The minimum atomic E-state index is -0.947. The Hall–Kier alpha value is -2.17. The van der Waals surface area contributed by atoms with Gasteiger partial charge in [-0.25, -0.2) is 0 Å². The number of carbonyl (C=O) groups is 2. The van der Waals surface area contributed by atoms with E-state index in [1.54, 1.807) is 6.26 Å². The van der Waals surface area contributed by atoms with Gasteiger partial charge in [0.25, 0.3) is 6.26 Å². The van der Waals surface area contributed by atoms with Crippen molar-refractivity contribution in [3.05, 3.63) is 0 Å². The molecule has 0 aromatic heterocycles. The van der Waals surface area contributed by atoms with E-state index in [0.717, 1.165) is 64.2 Å². The Balaban J connectivity index is -0.000000898. The lowest BCUT2D eigenvalue weighted by atomic mass is 10.2. The molecule has 0 radical (unpaired) electrons. The van der Waals surface area contributed by atoms with Gasteiger partial charge in [0, 0.05) is 12.8 Å². The zero-order chi connectivity index (χ0) is 40.5. The van der Waals surface area contributed by atoms with Gasteiger partial charge in [-0.1, -0.05) is 79.6 Å². The van der Waals surface area contributed by atoms with Crippen molar-refractivity contribution >= 4 is 11.9 Å². The van der Waals surface area contributed by atoms with Crippen LogP contribution in [0.25, 0.3) is 0 Å². The molecule has 0 heterocycles. The van der Waals surface area contributed by atoms with Gasteiger partial charge in [-0.3, -0.25) is 9.59 Å². The molecule has 316 valence electrons. The maximum Gasteiger partial charge on any atom is 0.305 e. The molecule has 0 aliphatic rings. The summed E-state index contributed by atoms with van der Waals surface area (Å²) < 4.78 is 35.9. The fraction of sp³-hybridized carbons (Fsp3) is 0.919. The van der Waals surface area contributed by atoms with Gasteiger partial charge in [0.1, 0.15) is 44.2 Å². The van der Waals surface area contributed by atoms with Crippen LogP contribution in [0.15, 0.2) is 0 Å². The smallest absolute Gasteiger partial charge is 0.305 e. The van der Waals surface area contributed by atoms with Crippen molar-refractivity contribution in [2.24, 2.45) is 0 Å². The van der Waals surface area contributed by atoms with Crippen LogP contribution in [0, 0.1) is 11.5 Å². The second kappa shape index (κ2) is 42.6. The molecule has 16 nitrogen and oxygen atoms in total. The van der Waals surface area contributed by atoms with Gasteiger partial charge in [0.05, 0.1) is 39.6 Å². The first-order chi connectivity index (χ1) is 25.5. The molecular weight excluding hydrogens is 698 g/mol. The van der Waals surface area contributed by atoms with Gasteiger partial charge in [-0.05, 0) is 32.1 Å². The van der Waals surface area contributed by atoms with Crippen molar-refractivity contribution in [3.63, 3.8) is 0 Å². The van der Waals surface area contributed by atoms with E-state index in [1.807, 2.05) is 13.8 Å². The topological polar surface area (TPSA) is 244 Å². The molecule has 4 atom stereocenters. The van der Waals surface area contributed by atoms with Crippen molar-refractivity contribution in [1.29, 1.82) is 5.26 Å². The van der Waals surface area contributed by atoms with Crippen molar-refractivity contribution in [3.8, 4) is 6.26 Å². The molecule has 16 heteroatoms. The van der Waals surface area contributed by atoms with Crippen LogP contribution in [0.2, 0.25) is 0 Å². The van der Waals surface area contributed by atoms with Gasteiger partial charge in [0.2, 0.25) is 0 Å². The third-order valence-corrected chi connectivity index (χ3v) is 6.88. The average molecular weight is 772 g/mol. The Morgan fingerprint density at radius 2 is 0.887 bits per heavy atom. The number of carbonyl (C=O) groups excluding carboxylic acids is 2. The second-order valence-corrected chi connectivity index (χ2v) is 12.3. The zero-order valence-electron chi connectivity index (χ0n) is 33.0. The van der Waals surface area contributed by atoms with Crippen LogP contribution >= 0.6 is 0 Å². The maximum absolute atomic E-state index is 11.6. The Morgan fingerprint density at radius 1 is 0.528 bits per heavy atom. The number of nitriles is 1. The summed E-state index contributed by atoms with van der Waals surface area (Å²) in [6.45, 7) is 9.55. The Morgan fingerprint density at radius 3 is 1.19 bits per heavy atom. The number of hydrogen-bond donors (Lipinski definition) is 6. The fourth-order valence-corrected chi connectivity index (χ4v) is 3.80. The van der Waals surface area contributed by atoms with E-state index in [0.29, 0.717) is 32.3 Å². The average Bonchev–Trinajstić information content (AvgIpc) is 3.15. The van der Waals surface area contributed by atoms with E-state index in [4.69, 9.17) is 54.1 Å². The number of hydrogen-bond acceptors (Lipinski definition) is 16. The molecule has 0 amide bonds. The number of unbranched alkanes of at least 4 members (excludes halogenated alkanes) is 5. The quantitative estimate of drug-likeness (QED) is 0.0243. The summed E-state index contributed by atoms with van der Waals surface area (Å²) >= 11 is 0. The number of ether oxygens (including phenoxy) is 7. The molecule has 0 aromatic rings. The highest BCUT2D eigenvalue weighted by molar-refractivity contribution is 5.69. The van der Waals surface area contributed by atoms with Crippen LogP contribution in [0.5, 0.6) is 0 Å². The van der Waals surface area contributed by atoms with Gasteiger partial charge < -0.3 is 63.8 Å². The number of nitrogens with zero attached hydrogens (tertiary/aromatic N) is 1. The predicted molar refractivity (Wildman–Crippen MR) is 196 cm³/mol. The van der Waals surface area contributed by atoms with Crippen LogP contribution in [0.4, 0.5) is 0 Å². The van der Waals surface area contributed by atoms with Crippen LogP contribution in [0.3, 0.4) is 0 Å². The standard InChI is InChI=1S/C22H42O8.C10H22O6.C5H9NO/c1-4-7-9-12-20(25)27-14-18(23)16-29-22(11-6-3)30-17-19(24)15-28-21(26)13-10-8-5-2;1-2-3-10(15-6-8(13)4-11)16-7-9(14)5-12;1-2-3-4-7-5-6/h18-19,22-24H,4-17H2,1-3H3;8-14H,2-7H2,1H3;2-4H2,1H3. The minimum absolute atomic E-state index is 0.0175. The van der Waals surface area contributed by atoms with Gasteiger partial charge in [-0.15, -0.1) is 0 Å². The van der Waals surface area contributed by atoms with E-state index >= 15 is 0 Å². The van der Waals surface area contributed by atoms with Crippen molar-refractivity contribution in [2.45, 2.75) is 162 Å². The summed E-state index contributed by atoms with van der Waals surface area (Å²) in [5, 5.41) is 63.0. The Labute approximate surface area is 317 Å². The highest BCUT2D eigenvalue weighted by Gasteiger charge is 2.17. The summed E-state index contributed by atoms with van der Waals surface area (Å²) in [7, 11) is 0. The SMILES string of the molecule is CCCC(OCC(O)CO)OCC(O)CO.CCCCCC(=O)OCC(O)COC(CCC)OCC(O)COC(=O)CCCCC.CCCCOC#N. The van der Waals surface area contributed by atoms with Crippen molar-refractivity contribution in [1.82, 2.24) is 0 Å². The largest absolute Gasteiger partial charge is 0.463 e. The van der Waals surface area contributed by atoms with E-state index in [-0.39, 0.29) is 64.8 Å². The number of aliphatic hydroxyl groups excluding tert-OH is 6. The van der Waals surface area contributed by atoms with E-state index in [1.165, 1.54) is 0 Å². The normalized spacial score (nSPS) is 14.2. The molecule has 0 saturated heterocycles. The second-order valence-electron chi connectivity index (χ2n) is 12.3. The summed E-state index contributed by atoms with van der Waals surface area (Å²) in [5.41, 5.74) is 0. The third kappa shape index (κ3) is 42.4. The molecule has 0 spiro atoms. The van der Waals surface area contributed by atoms with E-state index in [2.05, 4.69) is 25.5 Å². The molecule has 0 rings (SSSR count). The van der Waals surface area contributed by atoms with Gasteiger partial charge in [0.15, 0.2) is 12.6 Å². The minimum Gasteiger partial charge on any atom is -0.463 e. The summed E-state index contributed by atoms with van der Waals surface area (Å²) in [6.07, 6.45) is 7.86. The lowest BCUT2D eigenvalue weighted by Gasteiger charge is -2.21. The van der Waals surface area contributed by atoms with E-state index < -0.39 is 37.0 Å². The summed E-state index contributed by atoms with van der Waals surface area (Å²) in [5.74, 6) is -0.646. The van der Waals surface area contributed by atoms with Gasteiger partial charge >= 0.3 is 11.9 Å². The fourth-order valence-electron chi connectivity index (χ4n) is 3.80. The first-order valence-corrected chi connectivity index (χ1v) is 19.2. The molecule has 0 saturated carbocycles. The van der Waals surface area contributed by atoms with Gasteiger partial charge in [-0.2, -0.15) is 5.26 Å². The number of aliphatic hydroxyl groups is 6. The molecule has 6 N–H and O–H groups in total. The first kappa shape index (κ1) is 55.2. The molecular formula is C37H73NO15. The molecule has 0 aromatic carbocycles. The third-order valence-electron chi connectivity index (χ3n) is 6.88. The highest BCUT2D eigenvalue weighted by Crippen LogP contribution is 2.09. The molecule has 0 aliphatic carbocycles.